The Labute approximate surface area is 121 Å². The van der Waals surface area contributed by atoms with E-state index in [1.54, 1.807) is 7.11 Å². The van der Waals surface area contributed by atoms with Crippen LogP contribution >= 0.6 is 0 Å². The molecule has 0 amide bonds. The number of nitrogens with one attached hydrogen (secondary N) is 1. The highest BCUT2D eigenvalue weighted by atomic mass is 16.5. The SMILES string of the molecule is COCC(C)N(C)C1CCCC(NC2CC2)(C(=O)O)C1. The second-order valence-corrected chi connectivity index (χ2v) is 6.53. The van der Waals surface area contributed by atoms with Crippen molar-refractivity contribution in [3.05, 3.63) is 0 Å². The predicted molar refractivity (Wildman–Crippen MR) is 77.9 cm³/mol. The molecule has 5 nitrogen and oxygen atoms in total. The maximum atomic E-state index is 11.8. The summed E-state index contributed by atoms with van der Waals surface area (Å²) in [7, 11) is 3.80. The van der Waals surface area contributed by atoms with Crippen molar-refractivity contribution in [1.82, 2.24) is 10.2 Å². The molecule has 0 aliphatic heterocycles. The van der Waals surface area contributed by atoms with Gasteiger partial charge in [-0.3, -0.25) is 15.0 Å². The highest BCUT2D eigenvalue weighted by Crippen LogP contribution is 2.35. The van der Waals surface area contributed by atoms with Crippen molar-refractivity contribution in [1.29, 1.82) is 0 Å². The van der Waals surface area contributed by atoms with Gasteiger partial charge < -0.3 is 9.84 Å². The van der Waals surface area contributed by atoms with Crippen LogP contribution in [0.15, 0.2) is 0 Å². The number of hydrogen-bond donors (Lipinski definition) is 2. The van der Waals surface area contributed by atoms with Gasteiger partial charge >= 0.3 is 5.97 Å². The second kappa shape index (κ2) is 6.41. The summed E-state index contributed by atoms with van der Waals surface area (Å²) in [5.74, 6) is -0.679. The van der Waals surface area contributed by atoms with E-state index in [0.29, 0.717) is 31.2 Å². The lowest BCUT2D eigenvalue weighted by molar-refractivity contribution is -0.147. The van der Waals surface area contributed by atoms with Crippen LogP contribution in [0.25, 0.3) is 0 Å². The molecule has 0 radical (unpaired) electrons. The lowest BCUT2D eigenvalue weighted by atomic mass is 9.78. The van der Waals surface area contributed by atoms with Crippen molar-refractivity contribution >= 4 is 5.97 Å². The molecule has 0 bridgehead atoms. The first kappa shape index (κ1) is 15.7. The molecule has 3 unspecified atom stereocenters. The summed E-state index contributed by atoms with van der Waals surface area (Å²) >= 11 is 0. The number of carbonyl (C=O) groups is 1. The number of ether oxygens (including phenoxy) is 1. The first-order valence-electron chi connectivity index (χ1n) is 7.70. The van der Waals surface area contributed by atoms with E-state index < -0.39 is 11.5 Å². The molecular formula is C15H28N2O3. The Morgan fingerprint density at radius 3 is 2.75 bits per heavy atom. The largest absolute Gasteiger partial charge is 0.480 e. The van der Waals surface area contributed by atoms with Gasteiger partial charge in [0.2, 0.25) is 0 Å². The monoisotopic (exact) mass is 284 g/mol. The van der Waals surface area contributed by atoms with Crippen LogP contribution in [0.4, 0.5) is 0 Å². The summed E-state index contributed by atoms with van der Waals surface area (Å²) < 4.78 is 5.22. The summed E-state index contributed by atoms with van der Waals surface area (Å²) in [6.07, 6.45) is 5.74. The molecule has 0 aromatic rings. The molecule has 5 heteroatoms. The molecule has 0 spiro atoms. The summed E-state index contributed by atoms with van der Waals surface area (Å²) in [6.45, 7) is 2.82. The van der Waals surface area contributed by atoms with Crippen molar-refractivity contribution in [2.45, 2.75) is 69.1 Å². The molecule has 116 valence electrons. The third-order valence-electron chi connectivity index (χ3n) is 4.87. The van der Waals surface area contributed by atoms with Crippen LogP contribution < -0.4 is 5.32 Å². The van der Waals surface area contributed by atoms with Gasteiger partial charge in [0.05, 0.1) is 6.61 Å². The van der Waals surface area contributed by atoms with E-state index in [1.807, 2.05) is 0 Å². The maximum absolute atomic E-state index is 11.8. The van der Waals surface area contributed by atoms with Crippen LogP contribution in [0, 0.1) is 0 Å². The highest BCUT2D eigenvalue weighted by molar-refractivity contribution is 5.79. The molecule has 2 rings (SSSR count). The van der Waals surface area contributed by atoms with Crippen LogP contribution in [-0.4, -0.2) is 60.4 Å². The van der Waals surface area contributed by atoms with E-state index in [-0.39, 0.29) is 0 Å². The van der Waals surface area contributed by atoms with Gasteiger partial charge in [-0.05, 0) is 52.5 Å². The van der Waals surface area contributed by atoms with Crippen molar-refractivity contribution in [3.8, 4) is 0 Å². The normalized spacial score (nSPS) is 32.3. The highest BCUT2D eigenvalue weighted by Gasteiger charge is 2.46. The molecule has 2 saturated carbocycles. The van der Waals surface area contributed by atoms with Crippen molar-refractivity contribution in [3.63, 3.8) is 0 Å². The fourth-order valence-electron chi connectivity index (χ4n) is 3.32. The third kappa shape index (κ3) is 3.51. The van der Waals surface area contributed by atoms with E-state index in [0.717, 1.165) is 32.1 Å². The first-order valence-corrected chi connectivity index (χ1v) is 7.70. The zero-order chi connectivity index (χ0) is 14.8. The lowest BCUT2D eigenvalue weighted by Gasteiger charge is -2.43. The number of likely N-dealkylation sites (N-methyl/N-ethyl adjacent to an activating group) is 1. The number of rotatable bonds is 7. The topological polar surface area (TPSA) is 61.8 Å². The third-order valence-corrected chi connectivity index (χ3v) is 4.87. The van der Waals surface area contributed by atoms with Crippen LogP contribution in [0.2, 0.25) is 0 Å². The minimum atomic E-state index is -0.717. The molecule has 2 aliphatic carbocycles. The Kier molecular flexibility index (Phi) is 5.04. The molecule has 3 atom stereocenters. The number of aliphatic carboxylic acids is 1. The van der Waals surface area contributed by atoms with E-state index in [2.05, 4.69) is 24.2 Å². The molecule has 20 heavy (non-hydrogen) atoms. The average molecular weight is 284 g/mol. The predicted octanol–water partition coefficient (Wildman–Crippen LogP) is 1.47. The zero-order valence-corrected chi connectivity index (χ0v) is 12.9. The number of hydrogen-bond acceptors (Lipinski definition) is 4. The van der Waals surface area contributed by atoms with Gasteiger partial charge in [-0.2, -0.15) is 0 Å². The van der Waals surface area contributed by atoms with Crippen molar-refractivity contribution in [2.24, 2.45) is 0 Å². The smallest absolute Gasteiger partial charge is 0.323 e. The molecule has 0 saturated heterocycles. The minimum absolute atomic E-state index is 0.315. The lowest BCUT2D eigenvalue weighted by Crippen LogP contribution is -2.59. The molecule has 2 N–H and O–H groups in total. The Hall–Kier alpha value is -0.650. The van der Waals surface area contributed by atoms with Gasteiger partial charge in [0.1, 0.15) is 5.54 Å². The second-order valence-electron chi connectivity index (χ2n) is 6.53. The molecule has 0 aromatic heterocycles. The Morgan fingerprint density at radius 2 is 2.20 bits per heavy atom. The summed E-state index contributed by atoms with van der Waals surface area (Å²) in [5, 5.41) is 13.1. The van der Waals surface area contributed by atoms with E-state index >= 15 is 0 Å². The number of carboxylic acids is 1. The summed E-state index contributed by atoms with van der Waals surface area (Å²) in [6, 6.07) is 1.05. The summed E-state index contributed by atoms with van der Waals surface area (Å²) in [4.78, 5) is 14.1. The van der Waals surface area contributed by atoms with Gasteiger partial charge in [-0.25, -0.2) is 0 Å². The van der Waals surface area contributed by atoms with Crippen LogP contribution in [0.5, 0.6) is 0 Å². The number of nitrogens with zero attached hydrogens (tertiary/aromatic N) is 1. The summed E-state index contributed by atoms with van der Waals surface area (Å²) in [5.41, 5.74) is -0.717. The zero-order valence-electron chi connectivity index (χ0n) is 12.9. The van der Waals surface area contributed by atoms with Gasteiger partial charge in [0, 0.05) is 25.2 Å². The first-order chi connectivity index (χ1) is 9.48. The van der Waals surface area contributed by atoms with Gasteiger partial charge in [-0.1, -0.05) is 0 Å². The molecular weight excluding hydrogens is 256 g/mol. The Bertz CT molecular complexity index is 346. The Morgan fingerprint density at radius 1 is 1.50 bits per heavy atom. The fraction of sp³-hybridized carbons (Fsp3) is 0.933. The molecule has 2 aliphatic rings. The van der Waals surface area contributed by atoms with E-state index in [9.17, 15) is 9.90 Å². The van der Waals surface area contributed by atoms with E-state index in [4.69, 9.17) is 4.74 Å². The molecule has 2 fully saturated rings. The maximum Gasteiger partial charge on any atom is 0.323 e. The minimum Gasteiger partial charge on any atom is -0.480 e. The van der Waals surface area contributed by atoms with Crippen LogP contribution in [0.3, 0.4) is 0 Å². The van der Waals surface area contributed by atoms with E-state index in [1.165, 1.54) is 0 Å². The molecule has 0 heterocycles. The Balaban J connectivity index is 2.02. The standard InChI is InChI=1S/C15H28N2O3/c1-11(10-20-3)17(2)13-5-4-8-15(9-13,14(18)19)16-12-6-7-12/h11-13,16H,4-10H2,1-3H3,(H,18,19). The van der Waals surface area contributed by atoms with Crippen LogP contribution in [-0.2, 0) is 9.53 Å². The quantitative estimate of drug-likeness (QED) is 0.741. The number of carboxylic acid groups (broad SMARTS) is 1. The molecule has 0 aromatic carbocycles. The van der Waals surface area contributed by atoms with Crippen molar-refractivity contribution < 1.29 is 14.6 Å². The van der Waals surface area contributed by atoms with Gasteiger partial charge in [-0.15, -0.1) is 0 Å². The van der Waals surface area contributed by atoms with Gasteiger partial charge in [0.25, 0.3) is 0 Å². The number of methoxy groups -OCH3 is 1. The van der Waals surface area contributed by atoms with Crippen molar-refractivity contribution in [2.75, 3.05) is 20.8 Å². The van der Waals surface area contributed by atoms with Gasteiger partial charge in [0.15, 0.2) is 0 Å². The fourth-order valence-corrected chi connectivity index (χ4v) is 3.32. The van der Waals surface area contributed by atoms with Crippen LogP contribution in [0.1, 0.15) is 45.4 Å². The average Bonchev–Trinajstić information content (AvgIpc) is 3.22.